The molecule has 0 atom stereocenters. The molecule has 1 N–H and O–H groups in total. The molecule has 0 aromatic heterocycles. The first-order valence-corrected chi connectivity index (χ1v) is 6.53. The summed E-state index contributed by atoms with van der Waals surface area (Å²) in [5, 5.41) is 2.56. The van der Waals surface area contributed by atoms with Gasteiger partial charge in [0.15, 0.2) is 0 Å². The number of anilines is 1. The lowest BCUT2D eigenvalue weighted by molar-refractivity contribution is -0.143. The van der Waals surface area contributed by atoms with Crippen molar-refractivity contribution in [3.63, 3.8) is 0 Å². The molecular weight excluding hydrogens is 308 g/mol. The summed E-state index contributed by atoms with van der Waals surface area (Å²) in [5.74, 6) is 0. The second kappa shape index (κ2) is 5.85. The highest BCUT2D eigenvalue weighted by Crippen LogP contribution is 2.38. The Kier molecular flexibility index (Phi) is 4.89. The van der Waals surface area contributed by atoms with Crippen LogP contribution in [0.4, 0.5) is 32.0 Å². The monoisotopic (exact) mass is 325 g/mol. The molecule has 0 radical (unpaired) electrons. The van der Waals surface area contributed by atoms with Gasteiger partial charge in [-0.3, -0.25) is 0 Å². The number of hydrogen-bond donors (Lipinski definition) is 1. The second-order valence-electron chi connectivity index (χ2n) is 5.64. The van der Waals surface area contributed by atoms with Crippen LogP contribution >= 0.6 is 0 Å². The van der Waals surface area contributed by atoms with Crippen LogP contribution in [0.15, 0.2) is 30.5 Å². The quantitative estimate of drug-likeness (QED) is 0.661. The largest absolute Gasteiger partial charge is 0.416 e. The molecule has 0 aliphatic heterocycles. The molecule has 0 fully saturated rings. The number of hydrogen-bond acceptors (Lipinski definition) is 1. The summed E-state index contributed by atoms with van der Waals surface area (Å²) in [6.45, 7) is 9.13. The Morgan fingerprint density at radius 2 is 1.36 bits per heavy atom. The molecule has 0 aliphatic carbocycles. The molecule has 0 spiro atoms. The van der Waals surface area contributed by atoms with Gasteiger partial charge in [-0.2, -0.15) is 26.3 Å². The predicted octanol–water partition coefficient (Wildman–Crippen LogP) is 6.09. The van der Waals surface area contributed by atoms with E-state index in [1.165, 1.54) is 0 Å². The first-order chi connectivity index (χ1) is 9.77. The molecule has 0 saturated heterocycles. The minimum absolute atomic E-state index is 0.0961. The summed E-state index contributed by atoms with van der Waals surface area (Å²) in [5.41, 5.74) is -3.11. The molecule has 0 bridgehead atoms. The smallest absolute Gasteiger partial charge is 0.359 e. The molecule has 1 aromatic rings. The summed E-state index contributed by atoms with van der Waals surface area (Å²) < 4.78 is 76.5. The number of benzene rings is 1. The molecule has 1 nitrogen and oxygen atoms in total. The summed E-state index contributed by atoms with van der Waals surface area (Å²) in [6, 6.07) is 1.39. The van der Waals surface area contributed by atoms with Gasteiger partial charge in [0.1, 0.15) is 0 Å². The molecule has 0 saturated carbocycles. The molecular formula is C15H17F6N. The van der Waals surface area contributed by atoms with E-state index < -0.39 is 28.9 Å². The third kappa shape index (κ3) is 4.42. The molecule has 0 unspecified atom stereocenters. The maximum Gasteiger partial charge on any atom is 0.416 e. The average Bonchev–Trinajstić information content (AvgIpc) is 2.36. The first kappa shape index (κ1) is 18.4. The summed E-state index contributed by atoms with van der Waals surface area (Å²) in [4.78, 5) is 0. The summed E-state index contributed by atoms with van der Waals surface area (Å²) in [7, 11) is 0. The maximum absolute atomic E-state index is 12.8. The van der Waals surface area contributed by atoms with E-state index in [-0.39, 0.29) is 11.8 Å². The maximum atomic E-state index is 12.8. The van der Waals surface area contributed by atoms with Gasteiger partial charge in [0.25, 0.3) is 0 Å². The fraction of sp³-hybridized carbons (Fsp3) is 0.467. The second-order valence-corrected chi connectivity index (χ2v) is 5.64. The number of nitrogens with one attached hydrogen (secondary N) is 1. The van der Waals surface area contributed by atoms with Gasteiger partial charge in [-0.25, -0.2) is 0 Å². The van der Waals surface area contributed by atoms with Crippen molar-refractivity contribution in [2.45, 2.75) is 39.5 Å². The molecule has 7 heteroatoms. The minimum atomic E-state index is -4.86. The van der Waals surface area contributed by atoms with E-state index >= 15 is 0 Å². The van der Waals surface area contributed by atoms with Crippen molar-refractivity contribution in [1.82, 2.24) is 0 Å². The van der Waals surface area contributed by atoms with Crippen LogP contribution in [0, 0.1) is 5.41 Å². The van der Waals surface area contributed by atoms with Crippen molar-refractivity contribution < 1.29 is 26.3 Å². The van der Waals surface area contributed by atoms with Crippen molar-refractivity contribution in [2.24, 2.45) is 5.41 Å². The van der Waals surface area contributed by atoms with Crippen molar-refractivity contribution in [3.05, 3.63) is 41.6 Å². The Balaban J connectivity index is 3.28. The van der Waals surface area contributed by atoms with E-state index in [0.29, 0.717) is 24.3 Å². The SMILES string of the molecule is C=C(Nc1cc(C(F)(F)F)cc(C(F)(F)F)c1)C(C)(C)CC. The lowest BCUT2D eigenvalue weighted by Crippen LogP contribution is -2.19. The van der Waals surface area contributed by atoms with Crippen LogP contribution in [-0.4, -0.2) is 0 Å². The highest BCUT2D eigenvalue weighted by atomic mass is 19.4. The molecule has 0 aliphatic rings. The van der Waals surface area contributed by atoms with Crippen LogP contribution < -0.4 is 5.32 Å². The molecule has 22 heavy (non-hydrogen) atoms. The fourth-order valence-corrected chi connectivity index (χ4v) is 1.58. The Bertz CT molecular complexity index is 522. The zero-order chi connectivity index (χ0) is 17.3. The summed E-state index contributed by atoms with van der Waals surface area (Å²) >= 11 is 0. The molecule has 0 amide bonds. The van der Waals surface area contributed by atoms with Gasteiger partial charge < -0.3 is 5.32 Å². The third-order valence-corrected chi connectivity index (χ3v) is 3.58. The minimum Gasteiger partial charge on any atom is -0.359 e. The lowest BCUT2D eigenvalue weighted by atomic mass is 9.87. The number of rotatable bonds is 4. The van der Waals surface area contributed by atoms with Crippen molar-refractivity contribution >= 4 is 5.69 Å². The predicted molar refractivity (Wildman–Crippen MR) is 73.3 cm³/mol. The molecule has 124 valence electrons. The van der Waals surface area contributed by atoms with Crippen molar-refractivity contribution in [2.75, 3.05) is 5.32 Å². The molecule has 0 heterocycles. The van der Waals surface area contributed by atoms with Gasteiger partial charge in [0.05, 0.1) is 11.1 Å². The topological polar surface area (TPSA) is 12.0 Å². The van der Waals surface area contributed by atoms with Crippen LogP contribution in [-0.2, 0) is 12.4 Å². The Hall–Kier alpha value is -1.66. The lowest BCUT2D eigenvalue weighted by Gasteiger charge is -2.27. The van der Waals surface area contributed by atoms with E-state index in [4.69, 9.17) is 0 Å². The van der Waals surface area contributed by atoms with Gasteiger partial charge in [0, 0.05) is 16.8 Å². The number of halogens is 6. The molecule has 1 aromatic carbocycles. The van der Waals surface area contributed by atoms with Crippen molar-refractivity contribution in [1.29, 1.82) is 0 Å². The Morgan fingerprint density at radius 1 is 0.955 bits per heavy atom. The van der Waals surface area contributed by atoms with E-state index in [1.54, 1.807) is 13.8 Å². The van der Waals surface area contributed by atoms with Crippen LogP contribution in [0.5, 0.6) is 0 Å². The molecule has 1 rings (SSSR count). The van der Waals surface area contributed by atoms with Gasteiger partial charge in [-0.05, 0) is 24.6 Å². The number of allylic oxidation sites excluding steroid dienone is 1. The van der Waals surface area contributed by atoms with Gasteiger partial charge in [0.2, 0.25) is 0 Å². The van der Waals surface area contributed by atoms with Crippen LogP contribution in [0.1, 0.15) is 38.3 Å². The standard InChI is InChI=1S/C15H17F6N/c1-5-13(3,4)9(2)22-12-7-10(14(16,17)18)6-11(8-12)15(19,20)21/h6-8,22H,2,5H2,1,3-4H3. The first-order valence-electron chi connectivity index (χ1n) is 6.53. The highest BCUT2D eigenvalue weighted by Gasteiger charge is 2.37. The van der Waals surface area contributed by atoms with Gasteiger partial charge >= 0.3 is 12.4 Å². The van der Waals surface area contributed by atoms with Crippen LogP contribution in [0.2, 0.25) is 0 Å². The Morgan fingerprint density at radius 3 is 1.68 bits per heavy atom. The average molecular weight is 325 g/mol. The zero-order valence-electron chi connectivity index (χ0n) is 12.4. The van der Waals surface area contributed by atoms with Gasteiger partial charge in [-0.15, -0.1) is 0 Å². The Labute approximate surface area is 125 Å². The van der Waals surface area contributed by atoms with E-state index in [1.807, 2.05) is 6.92 Å². The zero-order valence-corrected chi connectivity index (χ0v) is 12.4. The summed E-state index contributed by atoms with van der Waals surface area (Å²) in [6.07, 6.45) is -9.09. The van der Waals surface area contributed by atoms with Gasteiger partial charge in [-0.1, -0.05) is 27.4 Å². The number of alkyl halides is 6. The van der Waals surface area contributed by atoms with E-state index in [9.17, 15) is 26.3 Å². The normalized spacial score (nSPS) is 13.1. The van der Waals surface area contributed by atoms with E-state index in [2.05, 4.69) is 11.9 Å². The fourth-order valence-electron chi connectivity index (χ4n) is 1.58. The third-order valence-electron chi connectivity index (χ3n) is 3.58. The van der Waals surface area contributed by atoms with E-state index in [0.717, 1.165) is 0 Å². The highest BCUT2D eigenvalue weighted by molar-refractivity contribution is 5.54. The van der Waals surface area contributed by atoms with Crippen LogP contribution in [0.25, 0.3) is 0 Å². The van der Waals surface area contributed by atoms with Crippen molar-refractivity contribution in [3.8, 4) is 0 Å². The van der Waals surface area contributed by atoms with Crippen LogP contribution in [0.3, 0.4) is 0 Å².